The molecule has 0 saturated carbocycles. The summed E-state index contributed by atoms with van der Waals surface area (Å²) in [5.41, 5.74) is -1.47. The number of ether oxygens (including phenoxy) is 2. The molecule has 10 nitrogen and oxygen atoms in total. The number of fused-ring (bicyclic) bond motifs is 1. The van der Waals surface area contributed by atoms with Crippen molar-refractivity contribution in [2.24, 2.45) is 0 Å². The van der Waals surface area contributed by atoms with Crippen LogP contribution in [0.15, 0.2) is 0 Å². The minimum atomic E-state index is -1.83. The molecule has 2 N–H and O–H groups in total. The van der Waals surface area contributed by atoms with Crippen LogP contribution >= 0.6 is 46.6 Å². The maximum Gasteiger partial charge on any atom is 0.508 e. The molecule has 0 aliphatic carbocycles. The average molecular weight is 507 g/mol. The molecule has 2 aliphatic rings. The Morgan fingerprint density at radius 2 is 1.90 bits per heavy atom. The van der Waals surface area contributed by atoms with E-state index in [1.54, 1.807) is 32.7 Å². The minimum absolute atomic E-state index is 0.390. The van der Waals surface area contributed by atoms with E-state index in [-0.39, 0.29) is 0 Å². The molecule has 0 bridgehead atoms. The lowest BCUT2D eigenvalue weighted by Gasteiger charge is -2.56. The molecule has 0 spiro atoms. The van der Waals surface area contributed by atoms with Crippen molar-refractivity contribution < 1.29 is 33.8 Å². The zero-order chi connectivity index (χ0) is 23.1. The number of rotatable bonds is 7. The van der Waals surface area contributed by atoms with Gasteiger partial charge in [0, 0.05) is 4.75 Å². The molecule has 0 aromatic heterocycles. The number of nitrogens with zero attached hydrogens (tertiary/aromatic N) is 2. The van der Waals surface area contributed by atoms with E-state index >= 15 is 0 Å². The van der Waals surface area contributed by atoms with Crippen molar-refractivity contribution >= 4 is 70.5 Å². The van der Waals surface area contributed by atoms with Gasteiger partial charge in [0.25, 0.3) is 11.8 Å². The van der Waals surface area contributed by atoms with Gasteiger partial charge < -0.3 is 24.8 Å². The number of carbonyl (C=O) groups excluding carboxylic acids is 3. The second-order valence-electron chi connectivity index (χ2n) is 7.30. The van der Waals surface area contributed by atoms with Crippen LogP contribution < -0.4 is 5.32 Å². The van der Waals surface area contributed by atoms with E-state index in [4.69, 9.17) is 34.8 Å². The molecule has 170 valence electrons. The number of alkyl halides is 3. The van der Waals surface area contributed by atoms with Crippen LogP contribution in [0.4, 0.5) is 4.79 Å². The Kier molecular flexibility index (Phi) is 7.35. The Labute approximate surface area is 192 Å². The van der Waals surface area contributed by atoms with Crippen molar-refractivity contribution in [3.05, 3.63) is 0 Å². The number of β-lactam (4-membered cyclic amide) rings is 1. The van der Waals surface area contributed by atoms with Crippen molar-refractivity contribution in [2.45, 2.75) is 46.4 Å². The molecule has 2 amide bonds. The summed E-state index contributed by atoms with van der Waals surface area (Å²) in [6, 6.07) is -1.04. The standard InChI is InChI=1S/C16H22Cl3N3O7S/c1-5-21(4)16(20-8(23)6-28-13(27)29-7-15(17,18)19)11(26)22-9(10(24)25)14(2,3)30-12(16)22/h9,12H,5-7H2,1-4H3,(H,20,23)(H,24,25)/t9-,12+,16+/m0/s1. The van der Waals surface area contributed by atoms with Crippen LogP contribution in [0.3, 0.4) is 0 Å². The Hall–Kier alpha value is -1.14. The largest absolute Gasteiger partial charge is 0.508 e. The van der Waals surface area contributed by atoms with Gasteiger partial charge in [0.15, 0.2) is 6.61 Å². The maximum atomic E-state index is 13.1. The summed E-state index contributed by atoms with van der Waals surface area (Å²) in [6.07, 6.45) is -1.22. The summed E-state index contributed by atoms with van der Waals surface area (Å²) in [6.45, 7) is 4.32. The van der Waals surface area contributed by atoms with Crippen LogP contribution in [0.1, 0.15) is 20.8 Å². The first-order valence-corrected chi connectivity index (χ1v) is 10.8. The van der Waals surface area contributed by atoms with Gasteiger partial charge in [0.2, 0.25) is 9.46 Å². The number of hydrogen-bond donors (Lipinski definition) is 2. The lowest BCUT2D eigenvalue weighted by atomic mass is 9.90. The van der Waals surface area contributed by atoms with Gasteiger partial charge in [-0.1, -0.05) is 41.7 Å². The first kappa shape index (κ1) is 25.1. The Morgan fingerprint density at radius 1 is 1.30 bits per heavy atom. The number of likely N-dealkylation sites (N-methyl/N-ethyl adjacent to an activating group) is 1. The fourth-order valence-electron chi connectivity index (χ4n) is 3.41. The van der Waals surface area contributed by atoms with Crippen LogP contribution in [0.25, 0.3) is 0 Å². The Balaban J connectivity index is 2.11. The zero-order valence-electron chi connectivity index (χ0n) is 16.6. The van der Waals surface area contributed by atoms with E-state index in [9.17, 15) is 24.3 Å². The van der Waals surface area contributed by atoms with E-state index in [0.717, 1.165) is 0 Å². The molecular weight excluding hydrogens is 485 g/mol. The number of carboxylic acid groups (broad SMARTS) is 1. The lowest BCUT2D eigenvalue weighted by Crippen LogP contribution is -2.85. The van der Waals surface area contributed by atoms with E-state index in [0.29, 0.717) is 6.54 Å². The third kappa shape index (κ3) is 4.69. The van der Waals surface area contributed by atoms with Crippen LogP contribution in [0.2, 0.25) is 0 Å². The van der Waals surface area contributed by atoms with Crippen LogP contribution in [-0.4, -0.2) is 91.3 Å². The highest BCUT2D eigenvalue weighted by molar-refractivity contribution is 8.01. The number of aliphatic carboxylic acids is 1. The predicted molar refractivity (Wildman–Crippen MR) is 110 cm³/mol. The molecule has 2 saturated heterocycles. The number of thioether (sulfide) groups is 1. The monoisotopic (exact) mass is 505 g/mol. The maximum absolute atomic E-state index is 13.1. The second-order valence-corrected chi connectivity index (χ2v) is 11.5. The Bertz CT molecular complexity index is 748. The molecule has 3 atom stereocenters. The van der Waals surface area contributed by atoms with Crippen LogP contribution in [-0.2, 0) is 23.9 Å². The van der Waals surface area contributed by atoms with Gasteiger partial charge in [0.05, 0.1) is 0 Å². The molecule has 14 heteroatoms. The summed E-state index contributed by atoms with van der Waals surface area (Å²) < 4.78 is 6.64. The summed E-state index contributed by atoms with van der Waals surface area (Å²) in [4.78, 5) is 51.6. The van der Waals surface area contributed by atoms with E-state index in [1.165, 1.54) is 16.7 Å². The third-order valence-electron chi connectivity index (χ3n) is 4.84. The number of carbonyl (C=O) groups is 4. The fourth-order valence-corrected chi connectivity index (χ4v) is 5.33. The second kappa shape index (κ2) is 8.78. The highest BCUT2D eigenvalue weighted by Gasteiger charge is 2.73. The minimum Gasteiger partial charge on any atom is -0.480 e. The summed E-state index contributed by atoms with van der Waals surface area (Å²) in [5, 5.41) is 11.5. The highest BCUT2D eigenvalue weighted by atomic mass is 35.6. The number of carboxylic acids is 1. The van der Waals surface area contributed by atoms with Crippen molar-refractivity contribution in [3.63, 3.8) is 0 Å². The highest BCUT2D eigenvalue weighted by Crippen LogP contribution is 2.55. The molecule has 2 rings (SSSR count). The van der Waals surface area contributed by atoms with E-state index < -0.39 is 62.8 Å². The summed E-state index contributed by atoms with van der Waals surface area (Å²) in [7, 11) is 1.63. The van der Waals surface area contributed by atoms with E-state index in [1.807, 2.05) is 0 Å². The summed E-state index contributed by atoms with van der Waals surface area (Å²) >= 11 is 17.6. The van der Waals surface area contributed by atoms with Crippen LogP contribution in [0, 0.1) is 0 Å². The SMILES string of the molecule is CCN(C)[C@]1(NC(=O)COC(=O)OCC(Cl)(Cl)Cl)C(=O)N2[C@@H](C(=O)O)C(C)(C)S[C@@H]21. The Morgan fingerprint density at radius 3 is 2.40 bits per heavy atom. The zero-order valence-corrected chi connectivity index (χ0v) is 19.7. The average Bonchev–Trinajstić information content (AvgIpc) is 2.90. The van der Waals surface area contributed by atoms with Gasteiger partial charge in [-0.3, -0.25) is 14.5 Å². The predicted octanol–water partition coefficient (Wildman–Crippen LogP) is 1.42. The van der Waals surface area contributed by atoms with Gasteiger partial charge >= 0.3 is 12.1 Å². The van der Waals surface area contributed by atoms with E-state index in [2.05, 4.69) is 14.8 Å². The topological polar surface area (TPSA) is 125 Å². The molecular formula is C16H22Cl3N3O7S. The molecule has 30 heavy (non-hydrogen) atoms. The molecule has 2 aliphatic heterocycles. The fraction of sp³-hybridized carbons (Fsp3) is 0.750. The first-order chi connectivity index (χ1) is 13.7. The molecule has 0 unspecified atom stereocenters. The molecule has 2 fully saturated rings. The number of amides is 2. The molecule has 0 aromatic rings. The van der Waals surface area contributed by atoms with Gasteiger partial charge in [-0.05, 0) is 27.4 Å². The molecule has 0 radical (unpaired) electrons. The summed E-state index contributed by atoms with van der Waals surface area (Å²) in [5.74, 6) is -2.44. The van der Waals surface area contributed by atoms with Crippen molar-refractivity contribution in [1.29, 1.82) is 0 Å². The quantitative estimate of drug-likeness (QED) is 0.228. The van der Waals surface area contributed by atoms with Gasteiger partial charge in [-0.2, -0.15) is 0 Å². The van der Waals surface area contributed by atoms with Gasteiger partial charge in [0.1, 0.15) is 18.0 Å². The first-order valence-electron chi connectivity index (χ1n) is 8.79. The van der Waals surface area contributed by atoms with Crippen molar-refractivity contribution in [2.75, 3.05) is 26.8 Å². The lowest BCUT2D eigenvalue weighted by molar-refractivity contribution is -0.182. The number of halogens is 3. The van der Waals surface area contributed by atoms with Gasteiger partial charge in [-0.15, -0.1) is 11.8 Å². The number of hydrogen-bond acceptors (Lipinski definition) is 8. The van der Waals surface area contributed by atoms with Crippen molar-refractivity contribution in [3.8, 4) is 0 Å². The molecule has 2 heterocycles. The van der Waals surface area contributed by atoms with Crippen molar-refractivity contribution in [1.82, 2.24) is 15.1 Å². The smallest absolute Gasteiger partial charge is 0.480 e. The molecule has 0 aromatic carbocycles. The third-order valence-corrected chi connectivity index (χ3v) is 6.79. The van der Waals surface area contributed by atoms with Gasteiger partial charge in [-0.25, -0.2) is 9.59 Å². The normalized spacial score (nSPS) is 27.3. The number of nitrogens with one attached hydrogen (secondary N) is 1. The van der Waals surface area contributed by atoms with Crippen LogP contribution in [0.5, 0.6) is 0 Å².